The molecule has 0 amide bonds. The van der Waals surface area contributed by atoms with E-state index in [-0.39, 0.29) is 29.6 Å². The first-order valence-corrected chi connectivity index (χ1v) is 15.3. The van der Waals surface area contributed by atoms with E-state index in [9.17, 15) is 9.90 Å². The molecule has 3 aromatic heterocycles. The molecule has 0 aliphatic carbocycles. The first kappa shape index (κ1) is 28.7. The van der Waals surface area contributed by atoms with E-state index in [0.29, 0.717) is 29.6 Å². The first-order chi connectivity index (χ1) is 20.8. The number of ether oxygens (including phenoxy) is 2. The van der Waals surface area contributed by atoms with E-state index in [4.69, 9.17) is 9.47 Å². The molecule has 4 aromatic rings. The Bertz CT molecular complexity index is 1720. The molecule has 1 unspecified atom stereocenters. The standard InChI is InChI=1S/C32H34N6O4S/c1-18(2)28(31(40)41-4)21-15-27(34-17-21)42-32-33-12-9-26(35-32)38-13-10-20(11-14-38)29-19(3)23-16-24(36-37-30(23)43-29)22-7-5-6-8-25(22)39/h5-9,12,15-16,18,20,28,39H,10-11,13-14,17H2,1-4H3. The molecule has 1 atom stereocenters. The van der Waals surface area contributed by atoms with Crippen molar-refractivity contribution in [2.45, 2.75) is 39.5 Å². The number of aromatic nitrogens is 4. The molecule has 0 bridgehead atoms. The van der Waals surface area contributed by atoms with E-state index in [2.05, 4.69) is 37.0 Å². The van der Waals surface area contributed by atoms with Crippen molar-refractivity contribution >= 4 is 39.2 Å². The number of aryl methyl sites for hydroxylation is 1. The smallest absolute Gasteiger partial charge is 0.325 e. The van der Waals surface area contributed by atoms with Crippen LogP contribution in [-0.4, -0.2) is 63.9 Å². The Morgan fingerprint density at radius 2 is 1.93 bits per heavy atom. The molecule has 0 radical (unpaired) electrons. The van der Waals surface area contributed by atoms with E-state index in [0.717, 1.165) is 47.5 Å². The van der Waals surface area contributed by atoms with E-state index >= 15 is 0 Å². The average molecular weight is 599 g/mol. The number of thiophene rings is 1. The number of benzene rings is 1. The molecular formula is C32H34N6O4S. The minimum atomic E-state index is -0.362. The van der Waals surface area contributed by atoms with Gasteiger partial charge in [-0.1, -0.05) is 26.0 Å². The van der Waals surface area contributed by atoms with Crippen molar-refractivity contribution in [3.05, 3.63) is 64.7 Å². The van der Waals surface area contributed by atoms with Crippen LogP contribution in [0.3, 0.4) is 0 Å². The van der Waals surface area contributed by atoms with Crippen molar-refractivity contribution in [2.24, 2.45) is 16.8 Å². The Labute approximate surface area is 254 Å². The molecule has 1 fully saturated rings. The fourth-order valence-electron chi connectivity index (χ4n) is 5.92. The summed E-state index contributed by atoms with van der Waals surface area (Å²) in [5.74, 6) is 1.28. The SMILES string of the molecule is COC(=O)C(C1=CC(Oc2nccc(N3CCC(c4sc5nnc(-c6ccccc6O)cc5c4C)CC3)n2)=NC1)C(C)C. The number of phenols is 1. The number of aliphatic imine (C=N–C) groups is 1. The van der Waals surface area contributed by atoms with Crippen molar-refractivity contribution in [1.29, 1.82) is 0 Å². The molecule has 1 saturated heterocycles. The van der Waals surface area contributed by atoms with Crippen LogP contribution in [0.2, 0.25) is 0 Å². The molecule has 11 heteroatoms. The number of esters is 1. The Morgan fingerprint density at radius 3 is 2.67 bits per heavy atom. The van der Waals surface area contributed by atoms with Crippen LogP contribution in [0.4, 0.5) is 5.82 Å². The molecule has 1 N–H and O–H groups in total. The normalized spacial score (nSPS) is 16.3. The highest BCUT2D eigenvalue weighted by molar-refractivity contribution is 7.18. The molecule has 222 valence electrons. The van der Waals surface area contributed by atoms with E-state index in [1.165, 1.54) is 17.6 Å². The van der Waals surface area contributed by atoms with Crippen LogP contribution >= 0.6 is 11.3 Å². The lowest BCUT2D eigenvalue weighted by atomic mass is 9.88. The number of anilines is 1. The number of methoxy groups -OCH3 is 1. The highest BCUT2D eigenvalue weighted by Gasteiger charge is 2.30. The Hall–Kier alpha value is -4.38. The van der Waals surface area contributed by atoms with Gasteiger partial charge < -0.3 is 19.5 Å². The monoisotopic (exact) mass is 598 g/mol. The Balaban J connectivity index is 1.12. The highest BCUT2D eigenvalue weighted by Crippen LogP contribution is 2.41. The maximum atomic E-state index is 12.3. The van der Waals surface area contributed by atoms with Crippen LogP contribution in [-0.2, 0) is 9.53 Å². The van der Waals surface area contributed by atoms with Crippen LogP contribution in [0.1, 0.15) is 43.0 Å². The summed E-state index contributed by atoms with van der Waals surface area (Å²) in [6, 6.07) is 11.4. The summed E-state index contributed by atoms with van der Waals surface area (Å²) in [5.41, 5.74) is 3.46. The largest absolute Gasteiger partial charge is 0.507 e. The molecule has 0 spiro atoms. The number of carbonyl (C=O) groups excluding carboxylic acids is 1. The van der Waals surface area contributed by atoms with Crippen LogP contribution in [0, 0.1) is 18.8 Å². The van der Waals surface area contributed by atoms with Gasteiger partial charge >= 0.3 is 12.0 Å². The van der Waals surface area contributed by atoms with Crippen LogP contribution in [0.5, 0.6) is 11.8 Å². The molecule has 2 aliphatic rings. The average Bonchev–Trinajstić information content (AvgIpc) is 3.61. The van der Waals surface area contributed by atoms with Crippen molar-refractivity contribution in [2.75, 3.05) is 31.6 Å². The number of para-hydroxylation sites is 1. The molecule has 0 saturated carbocycles. The minimum Gasteiger partial charge on any atom is -0.507 e. The topological polar surface area (TPSA) is 123 Å². The second kappa shape index (κ2) is 12.1. The van der Waals surface area contributed by atoms with Gasteiger partial charge in [-0.3, -0.25) is 4.79 Å². The number of nitrogens with zero attached hydrogens (tertiary/aromatic N) is 6. The minimum absolute atomic E-state index is 0.0845. The van der Waals surface area contributed by atoms with Gasteiger partial charge in [0, 0.05) is 41.2 Å². The van der Waals surface area contributed by atoms with Gasteiger partial charge in [0.1, 0.15) is 16.4 Å². The van der Waals surface area contributed by atoms with Gasteiger partial charge in [-0.15, -0.1) is 21.5 Å². The van der Waals surface area contributed by atoms with Gasteiger partial charge in [-0.25, -0.2) is 9.98 Å². The van der Waals surface area contributed by atoms with Crippen molar-refractivity contribution in [3.63, 3.8) is 0 Å². The summed E-state index contributed by atoms with van der Waals surface area (Å²) in [6.07, 6.45) is 5.46. The summed E-state index contributed by atoms with van der Waals surface area (Å²) in [7, 11) is 1.40. The third kappa shape index (κ3) is 5.81. The Kier molecular flexibility index (Phi) is 8.07. The van der Waals surface area contributed by atoms with E-state index < -0.39 is 0 Å². The predicted octanol–water partition coefficient (Wildman–Crippen LogP) is 5.71. The molecule has 10 nitrogen and oxygen atoms in total. The maximum absolute atomic E-state index is 12.3. The lowest BCUT2D eigenvalue weighted by Gasteiger charge is -2.32. The summed E-state index contributed by atoms with van der Waals surface area (Å²) >= 11 is 1.71. The van der Waals surface area contributed by atoms with Gasteiger partial charge in [-0.2, -0.15) is 4.98 Å². The third-order valence-electron chi connectivity index (χ3n) is 8.17. The highest BCUT2D eigenvalue weighted by atomic mass is 32.1. The summed E-state index contributed by atoms with van der Waals surface area (Å²) in [6.45, 7) is 8.22. The van der Waals surface area contributed by atoms with Crippen LogP contribution in [0.15, 0.2) is 59.2 Å². The molecule has 2 aliphatic heterocycles. The number of phenolic OH excluding ortho intramolecular Hbond substituents is 1. The molecule has 6 rings (SSSR count). The summed E-state index contributed by atoms with van der Waals surface area (Å²) < 4.78 is 10.9. The molecule has 5 heterocycles. The second-order valence-electron chi connectivity index (χ2n) is 11.2. The van der Waals surface area contributed by atoms with Crippen molar-refractivity contribution in [3.8, 4) is 23.0 Å². The maximum Gasteiger partial charge on any atom is 0.325 e. The van der Waals surface area contributed by atoms with E-state index in [1.807, 2.05) is 38.1 Å². The number of rotatable bonds is 7. The Morgan fingerprint density at radius 1 is 1.14 bits per heavy atom. The molecule has 43 heavy (non-hydrogen) atoms. The van der Waals surface area contributed by atoms with Crippen molar-refractivity contribution < 1.29 is 19.4 Å². The van der Waals surface area contributed by atoms with Crippen LogP contribution in [0.25, 0.3) is 21.5 Å². The van der Waals surface area contributed by atoms with Gasteiger partial charge in [-0.05, 0) is 67.0 Å². The van der Waals surface area contributed by atoms with Gasteiger partial charge in [0.2, 0.25) is 5.90 Å². The fourth-order valence-corrected chi connectivity index (χ4v) is 7.20. The number of hydrogen-bond donors (Lipinski definition) is 1. The van der Waals surface area contributed by atoms with Crippen LogP contribution < -0.4 is 9.64 Å². The second-order valence-corrected chi connectivity index (χ2v) is 12.3. The summed E-state index contributed by atoms with van der Waals surface area (Å²) in [4.78, 5) is 30.2. The number of hydrogen-bond acceptors (Lipinski definition) is 11. The van der Waals surface area contributed by atoms with Crippen molar-refractivity contribution in [1.82, 2.24) is 20.2 Å². The van der Waals surface area contributed by atoms with Gasteiger partial charge in [0.05, 0.1) is 25.3 Å². The number of fused-ring (bicyclic) bond motifs is 1. The molecular weight excluding hydrogens is 564 g/mol. The zero-order valence-electron chi connectivity index (χ0n) is 24.6. The number of piperidine rings is 1. The fraction of sp³-hybridized carbons (Fsp3) is 0.375. The first-order valence-electron chi connectivity index (χ1n) is 14.5. The lowest BCUT2D eigenvalue weighted by molar-refractivity contribution is -0.145. The zero-order chi connectivity index (χ0) is 30.1. The van der Waals surface area contributed by atoms with E-state index in [1.54, 1.807) is 35.7 Å². The summed E-state index contributed by atoms with van der Waals surface area (Å²) in [5, 5.41) is 20.3. The lowest BCUT2D eigenvalue weighted by Crippen LogP contribution is -2.33. The quantitative estimate of drug-likeness (QED) is 0.267. The zero-order valence-corrected chi connectivity index (χ0v) is 25.5. The predicted molar refractivity (Wildman–Crippen MR) is 167 cm³/mol. The molecule has 1 aromatic carbocycles. The number of aromatic hydroxyl groups is 1. The van der Waals surface area contributed by atoms with Gasteiger partial charge in [0.15, 0.2) is 0 Å². The van der Waals surface area contributed by atoms with Gasteiger partial charge in [0.25, 0.3) is 0 Å². The number of carbonyl (C=O) groups is 1. The third-order valence-corrected chi connectivity index (χ3v) is 9.53.